The molecule has 2 aliphatic rings. The first kappa shape index (κ1) is 39.8. The molecule has 4 rings (SSSR count). The van der Waals surface area contributed by atoms with Crippen LogP contribution in [-0.4, -0.2) is 73.4 Å². The van der Waals surface area contributed by atoms with Gasteiger partial charge in [0.1, 0.15) is 28.5 Å². The molecule has 1 aliphatic carbocycles. The molecule has 2 aromatic carbocycles. The summed E-state index contributed by atoms with van der Waals surface area (Å²) in [6, 6.07) is 10.6. The lowest BCUT2D eigenvalue weighted by molar-refractivity contribution is -0.142. The molecule has 0 aromatic heterocycles. The number of para-hydroxylation sites is 1. The lowest BCUT2D eigenvalue weighted by Gasteiger charge is -2.37. The van der Waals surface area contributed by atoms with E-state index in [9.17, 15) is 33.0 Å². The molecule has 5 N–H and O–H groups in total. The number of hydrogen-bond donors (Lipinski definition) is 5. The Morgan fingerprint density at radius 2 is 1.76 bits per heavy atom. The SMILES string of the molecule is CCCCC1(CCCC)CN(c2ccccc2)c2cc(SC)c(OCC(=O)N[C@@H](C(=O)N[C@@H](CC)C(=O)O)C3C=CC(O)=CC3)cc2S(=O)(=O)N1. The number of aliphatic carboxylic acids is 1. The maximum atomic E-state index is 14.3. The smallest absolute Gasteiger partial charge is 0.326 e. The minimum Gasteiger partial charge on any atom is -0.508 e. The second-order valence-corrected chi connectivity index (χ2v) is 15.5. The summed E-state index contributed by atoms with van der Waals surface area (Å²) in [6.07, 6.45) is 11.6. The zero-order valence-electron chi connectivity index (χ0n) is 29.7. The molecule has 12 nitrogen and oxygen atoms in total. The van der Waals surface area contributed by atoms with E-state index in [1.54, 1.807) is 19.1 Å². The van der Waals surface area contributed by atoms with Gasteiger partial charge >= 0.3 is 5.97 Å². The van der Waals surface area contributed by atoms with Gasteiger partial charge < -0.3 is 30.5 Å². The van der Waals surface area contributed by atoms with Crippen molar-refractivity contribution in [3.8, 4) is 5.75 Å². The van der Waals surface area contributed by atoms with E-state index in [0.29, 0.717) is 30.0 Å². The number of hydrogen-bond acceptors (Lipinski definition) is 9. The Kier molecular flexibility index (Phi) is 14.0. The molecular weight excluding hydrogens is 693 g/mol. The van der Waals surface area contributed by atoms with Crippen LogP contribution in [0.15, 0.2) is 76.2 Å². The van der Waals surface area contributed by atoms with E-state index in [1.165, 1.54) is 30.0 Å². The molecule has 0 fully saturated rings. The number of ether oxygens (including phenoxy) is 1. The average Bonchev–Trinajstić information content (AvgIpc) is 3.21. The number of aliphatic hydroxyl groups excluding tert-OH is 1. The Labute approximate surface area is 305 Å². The first-order chi connectivity index (χ1) is 24.4. The van der Waals surface area contributed by atoms with Crippen LogP contribution in [0.5, 0.6) is 5.75 Å². The number of benzene rings is 2. The third-order valence-electron chi connectivity index (χ3n) is 9.24. The molecule has 2 aromatic rings. The first-order valence-corrected chi connectivity index (χ1v) is 20.2. The number of rotatable bonds is 17. The van der Waals surface area contributed by atoms with Crippen LogP contribution >= 0.6 is 11.8 Å². The number of carboxylic acid groups (broad SMARTS) is 1. The third kappa shape index (κ3) is 10.1. The summed E-state index contributed by atoms with van der Waals surface area (Å²) in [5.74, 6) is -2.92. The first-order valence-electron chi connectivity index (χ1n) is 17.5. The van der Waals surface area contributed by atoms with Crippen LogP contribution in [0.25, 0.3) is 0 Å². The molecular formula is C37H50N4O8S2. The molecule has 51 heavy (non-hydrogen) atoms. The fraction of sp³-hybridized carbons (Fsp3) is 0.486. The number of carboxylic acids is 1. The van der Waals surface area contributed by atoms with Crippen molar-refractivity contribution in [2.75, 3.05) is 24.3 Å². The second-order valence-electron chi connectivity index (χ2n) is 13.0. The van der Waals surface area contributed by atoms with Crippen LogP contribution in [0.1, 0.15) is 72.1 Å². The van der Waals surface area contributed by atoms with Gasteiger partial charge in [-0.05, 0) is 62.3 Å². The molecule has 278 valence electrons. The maximum absolute atomic E-state index is 14.3. The predicted molar refractivity (Wildman–Crippen MR) is 199 cm³/mol. The average molecular weight is 743 g/mol. The number of carbonyl (C=O) groups excluding carboxylic acids is 2. The summed E-state index contributed by atoms with van der Waals surface area (Å²) in [5, 5.41) is 24.4. The number of amides is 2. The molecule has 0 bridgehead atoms. The zero-order chi connectivity index (χ0) is 37.2. The fourth-order valence-electron chi connectivity index (χ4n) is 6.44. The van der Waals surface area contributed by atoms with Crippen molar-refractivity contribution in [2.45, 2.75) is 99.6 Å². The van der Waals surface area contributed by atoms with Crippen molar-refractivity contribution in [2.24, 2.45) is 5.92 Å². The lowest BCUT2D eigenvalue weighted by atomic mass is 9.87. The molecule has 1 heterocycles. The van der Waals surface area contributed by atoms with Gasteiger partial charge in [-0.15, -0.1) is 11.8 Å². The number of anilines is 2. The molecule has 14 heteroatoms. The second kappa shape index (κ2) is 18.0. The van der Waals surface area contributed by atoms with Gasteiger partial charge in [0.05, 0.1) is 16.1 Å². The summed E-state index contributed by atoms with van der Waals surface area (Å²) in [7, 11) is -4.06. The Balaban J connectivity index is 1.67. The summed E-state index contributed by atoms with van der Waals surface area (Å²) < 4.78 is 37.7. The van der Waals surface area contributed by atoms with E-state index in [1.807, 2.05) is 36.6 Å². The van der Waals surface area contributed by atoms with Gasteiger partial charge in [-0.3, -0.25) is 9.59 Å². The third-order valence-corrected chi connectivity index (χ3v) is 11.6. The molecule has 1 unspecified atom stereocenters. The minimum absolute atomic E-state index is 0.0214. The van der Waals surface area contributed by atoms with Crippen LogP contribution in [0.2, 0.25) is 0 Å². The van der Waals surface area contributed by atoms with Gasteiger partial charge in [0, 0.05) is 24.2 Å². The van der Waals surface area contributed by atoms with Crippen LogP contribution in [-0.2, 0) is 24.4 Å². The van der Waals surface area contributed by atoms with Gasteiger partial charge in [0.25, 0.3) is 5.91 Å². The standard InChI is InChI=1S/C37H50N4O8S2/c1-5-8-19-37(20-9-6-2)24-41(26-13-11-10-12-14-26)29-21-31(50-4)30(22-32(29)51(47,48)40-37)49-23-33(43)39-34(25-15-17-27(42)18-16-25)35(44)38-28(7-3)36(45)46/h10-15,17-18,21-22,25,28,34,40,42H,5-9,16,19-20,23-24H2,1-4H3,(H,38,44)(H,39,43)(H,45,46)/t25?,28-,34+/m0/s1. The van der Waals surface area contributed by atoms with Gasteiger partial charge in [-0.1, -0.05) is 70.7 Å². The molecule has 0 saturated heterocycles. The van der Waals surface area contributed by atoms with Crippen LogP contribution in [0.4, 0.5) is 11.4 Å². The number of fused-ring (bicyclic) bond motifs is 1. The van der Waals surface area contributed by atoms with Crippen molar-refractivity contribution in [1.29, 1.82) is 0 Å². The molecule has 2 amide bonds. The van der Waals surface area contributed by atoms with E-state index in [4.69, 9.17) is 4.74 Å². The van der Waals surface area contributed by atoms with Gasteiger partial charge in [-0.2, -0.15) is 0 Å². The number of thioether (sulfide) groups is 1. The highest BCUT2D eigenvalue weighted by Gasteiger charge is 2.42. The van der Waals surface area contributed by atoms with Crippen molar-refractivity contribution in [3.05, 3.63) is 66.5 Å². The fourth-order valence-corrected chi connectivity index (χ4v) is 8.65. The van der Waals surface area contributed by atoms with E-state index < -0.39 is 58.0 Å². The topological polar surface area (TPSA) is 174 Å². The number of sulfonamides is 1. The van der Waals surface area contributed by atoms with Gasteiger partial charge in [-0.25, -0.2) is 17.9 Å². The Hall–Kier alpha value is -4.01. The zero-order valence-corrected chi connectivity index (χ0v) is 31.3. The van der Waals surface area contributed by atoms with Gasteiger partial charge in [0.15, 0.2) is 6.61 Å². The summed E-state index contributed by atoms with van der Waals surface area (Å²) in [4.78, 5) is 41.0. The largest absolute Gasteiger partial charge is 0.508 e. The van der Waals surface area contributed by atoms with E-state index in [-0.39, 0.29) is 29.2 Å². The number of allylic oxidation sites excluding steroid dienone is 2. The van der Waals surface area contributed by atoms with Crippen molar-refractivity contribution < 1.29 is 37.8 Å². The van der Waals surface area contributed by atoms with Gasteiger partial charge in [0.2, 0.25) is 15.9 Å². The van der Waals surface area contributed by atoms with Crippen LogP contribution < -0.4 is 25.0 Å². The Morgan fingerprint density at radius 1 is 1.08 bits per heavy atom. The normalized spacial score (nSPS) is 18.8. The Morgan fingerprint density at radius 3 is 2.33 bits per heavy atom. The van der Waals surface area contributed by atoms with Crippen molar-refractivity contribution >= 4 is 50.9 Å². The van der Waals surface area contributed by atoms with Crippen LogP contribution in [0.3, 0.4) is 0 Å². The summed E-state index contributed by atoms with van der Waals surface area (Å²) in [5.41, 5.74) is 0.644. The van der Waals surface area contributed by atoms with E-state index in [0.717, 1.165) is 31.4 Å². The monoisotopic (exact) mass is 742 g/mol. The van der Waals surface area contributed by atoms with E-state index in [2.05, 4.69) is 34.1 Å². The number of unbranched alkanes of at least 4 members (excludes halogenated alkanes) is 2. The molecule has 3 atom stereocenters. The molecule has 1 aliphatic heterocycles. The number of aliphatic hydroxyl groups is 1. The number of nitrogens with one attached hydrogen (secondary N) is 3. The highest BCUT2D eigenvalue weighted by molar-refractivity contribution is 7.98. The number of carbonyl (C=O) groups is 3. The summed E-state index contributed by atoms with van der Waals surface area (Å²) >= 11 is 1.35. The molecule has 0 spiro atoms. The highest BCUT2D eigenvalue weighted by Crippen LogP contribution is 2.44. The Bertz CT molecular complexity index is 1710. The quantitative estimate of drug-likeness (QED) is 0.124. The molecule has 0 saturated carbocycles. The summed E-state index contributed by atoms with van der Waals surface area (Å²) in [6.45, 7) is 5.69. The van der Waals surface area contributed by atoms with Crippen LogP contribution in [0, 0.1) is 5.92 Å². The highest BCUT2D eigenvalue weighted by atomic mass is 32.2. The number of nitrogens with zero attached hydrogens (tertiary/aromatic N) is 1. The van der Waals surface area contributed by atoms with Crippen molar-refractivity contribution in [1.82, 2.24) is 15.4 Å². The lowest BCUT2D eigenvalue weighted by Crippen LogP contribution is -2.55. The predicted octanol–water partition coefficient (Wildman–Crippen LogP) is 5.82. The van der Waals surface area contributed by atoms with Crippen molar-refractivity contribution in [3.63, 3.8) is 0 Å². The maximum Gasteiger partial charge on any atom is 0.326 e. The van der Waals surface area contributed by atoms with E-state index >= 15 is 0 Å². The minimum atomic E-state index is -4.06. The molecule has 0 radical (unpaired) electrons.